The Balaban J connectivity index is 2.46. The average Bonchev–Trinajstić information content (AvgIpc) is 2.18. The molecule has 1 fully saturated rings. The lowest BCUT2D eigenvalue weighted by Gasteiger charge is -2.30. The molecule has 0 aliphatic carbocycles. The number of esters is 1. The fourth-order valence-electron chi connectivity index (χ4n) is 1.29. The van der Waals surface area contributed by atoms with Gasteiger partial charge >= 0.3 is 5.97 Å². The van der Waals surface area contributed by atoms with Crippen LogP contribution in [0.2, 0.25) is 0 Å². The number of ether oxygens (including phenoxy) is 1. The van der Waals surface area contributed by atoms with Crippen molar-refractivity contribution in [2.45, 2.75) is 6.04 Å². The fraction of sp³-hybridized carbons (Fsp3) is 0.750. The Labute approximate surface area is 77.3 Å². The molecule has 5 nitrogen and oxygen atoms in total. The Morgan fingerprint density at radius 1 is 1.85 bits per heavy atom. The van der Waals surface area contributed by atoms with E-state index in [4.69, 9.17) is 5.26 Å². The molecule has 5 heteroatoms. The molecule has 0 aromatic rings. The molecule has 1 aliphatic rings. The van der Waals surface area contributed by atoms with Crippen LogP contribution in [0.4, 0.5) is 0 Å². The SMILES string of the molecule is COC(=O)CN1CCNCC1C#N. The molecule has 0 aromatic carbocycles. The van der Waals surface area contributed by atoms with Gasteiger partial charge in [0, 0.05) is 19.6 Å². The maximum atomic E-state index is 10.9. The van der Waals surface area contributed by atoms with Crippen molar-refractivity contribution in [2.75, 3.05) is 33.3 Å². The van der Waals surface area contributed by atoms with Crippen LogP contribution in [0.15, 0.2) is 0 Å². The zero-order valence-electron chi connectivity index (χ0n) is 7.62. The monoisotopic (exact) mass is 183 g/mol. The second-order valence-corrected chi connectivity index (χ2v) is 2.90. The van der Waals surface area contributed by atoms with Crippen molar-refractivity contribution < 1.29 is 9.53 Å². The van der Waals surface area contributed by atoms with Crippen LogP contribution in [0.1, 0.15) is 0 Å². The standard InChI is InChI=1S/C8H13N3O2/c1-13-8(12)6-11-3-2-10-5-7(11)4-9/h7,10H,2-3,5-6H2,1H3. The predicted molar refractivity (Wildman–Crippen MR) is 45.9 cm³/mol. The van der Waals surface area contributed by atoms with E-state index in [2.05, 4.69) is 16.1 Å². The minimum atomic E-state index is -0.290. The van der Waals surface area contributed by atoms with Crippen molar-refractivity contribution in [3.63, 3.8) is 0 Å². The predicted octanol–water partition coefficient (Wildman–Crippen LogP) is -1.04. The largest absolute Gasteiger partial charge is 0.468 e. The van der Waals surface area contributed by atoms with Crippen molar-refractivity contribution in [1.82, 2.24) is 10.2 Å². The highest BCUT2D eigenvalue weighted by atomic mass is 16.5. The molecule has 1 N–H and O–H groups in total. The lowest BCUT2D eigenvalue weighted by atomic mass is 10.2. The van der Waals surface area contributed by atoms with Crippen molar-refractivity contribution >= 4 is 5.97 Å². The van der Waals surface area contributed by atoms with E-state index in [1.807, 2.05) is 4.90 Å². The summed E-state index contributed by atoms with van der Waals surface area (Å²) in [6, 6.07) is 1.92. The number of nitriles is 1. The molecule has 1 saturated heterocycles. The molecule has 1 unspecified atom stereocenters. The van der Waals surface area contributed by atoms with Gasteiger partial charge in [-0.15, -0.1) is 0 Å². The third-order valence-corrected chi connectivity index (χ3v) is 2.06. The Bertz CT molecular complexity index is 224. The summed E-state index contributed by atoms with van der Waals surface area (Å²) < 4.78 is 4.54. The smallest absolute Gasteiger partial charge is 0.319 e. The van der Waals surface area contributed by atoms with Crippen LogP contribution in [0, 0.1) is 11.3 Å². The number of carbonyl (C=O) groups excluding carboxylic acids is 1. The maximum Gasteiger partial charge on any atom is 0.319 e. The summed E-state index contributed by atoms with van der Waals surface area (Å²) in [5.74, 6) is -0.290. The summed E-state index contributed by atoms with van der Waals surface area (Å²) in [6.07, 6.45) is 0. The second-order valence-electron chi connectivity index (χ2n) is 2.90. The first-order valence-electron chi connectivity index (χ1n) is 4.19. The zero-order valence-corrected chi connectivity index (χ0v) is 7.62. The number of nitrogens with zero attached hydrogens (tertiary/aromatic N) is 2. The third-order valence-electron chi connectivity index (χ3n) is 2.06. The summed E-state index contributed by atoms with van der Waals surface area (Å²) >= 11 is 0. The summed E-state index contributed by atoms with van der Waals surface area (Å²) in [7, 11) is 1.35. The van der Waals surface area contributed by atoms with Gasteiger partial charge in [-0.2, -0.15) is 5.26 Å². The lowest BCUT2D eigenvalue weighted by Crippen LogP contribution is -2.52. The first kappa shape index (κ1) is 9.96. The van der Waals surface area contributed by atoms with Gasteiger partial charge in [0.15, 0.2) is 0 Å². The number of nitrogens with one attached hydrogen (secondary N) is 1. The van der Waals surface area contributed by atoms with E-state index in [1.54, 1.807) is 0 Å². The van der Waals surface area contributed by atoms with E-state index in [9.17, 15) is 4.79 Å². The van der Waals surface area contributed by atoms with Crippen molar-refractivity contribution in [2.24, 2.45) is 0 Å². The van der Waals surface area contributed by atoms with E-state index < -0.39 is 0 Å². The van der Waals surface area contributed by atoms with E-state index in [-0.39, 0.29) is 18.6 Å². The normalized spacial score (nSPS) is 23.5. The van der Waals surface area contributed by atoms with Gasteiger partial charge in [-0.25, -0.2) is 0 Å². The van der Waals surface area contributed by atoms with Gasteiger partial charge in [-0.05, 0) is 0 Å². The molecular formula is C8H13N3O2. The van der Waals surface area contributed by atoms with Gasteiger partial charge < -0.3 is 10.1 Å². The molecule has 1 atom stereocenters. The van der Waals surface area contributed by atoms with Crippen LogP contribution in [-0.4, -0.2) is 50.2 Å². The topological polar surface area (TPSA) is 65.4 Å². The van der Waals surface area contributed by atoms with Gasteiger partial charge in [0.25, 0.3) is 0 Å². The summed E-state index contributed by atoms with van der Waals surface area (Å²) in [4.78, 5) is 12.8. The molecule has 1 rings (SSSR count). The zero-order chi connectivity index (χ0) is 9.68. The van der Waals surface area contributed by atoms with Crippen LogP contribution in [0.25, 0.3) is 0 Å². The van der Waals surface area contributed by atoms with Crippen molar-refractivity contribution in [1.29, 1.82) is 5.26 Å². The molecular weight excluding hydrogens is 170 g/mol. The van der Waals surface area contributed by atoms with E-state index in [1.165, 1.54) is 7.11 Å². The first-order valence-corrected chi connectivity index (χ1v) is 4.19. The number of rotatable bonds is 2. The maximum absolute atomic E-state index is 10.9. The van der Waals surface area contributed by atoms with Gasteiger partial charge in [0.2, 0.25) is 0 Å². The Hall–Kier alpha value is -1.12. The summed E-state index contributed by atoms with van der Waals surface area (Å²) in [6.45, 7) is 2.35. The molecule has 13 heavy (non-hydrogen) atoms. The molecule has 1 heterocycles. The van der Waals surface area contributed by atoms with Gasteiger partial charge in [0.05, 0.1) is 19.7 Å². The third kappa shape index (κ3) is 2.68. The highest BCUT2D eigenvalue weighted by Gasteiger charge is 2.23. The van der Waals surface area contributed by atoms with Crippen LogP contribution >= 0.6 is 0 Å². The van der Waals surface area contributed by atoms with Gasteiger partial charge in [-0.1, -0.05) is 0 Å². The van der Waals surface area contributed by atoms with E-state index >= 15 is 0 Å². The van der Waals surface area contributed by atoms with Gasteiger partial charge in [0.1, 0.15) is 6.04 Å². The van der Waals surface area contributed by atoms with E-state index in [0.717, 1.165) is 6.54 Å². The molecule has 0 aromatic heterocycles. The molecule has 0 bridgehead atoms. The van der Waals surface area contributed by atoms with Crippen LogP contribution in [0.3, 0.4) is 0 Å². The highest BCUT2D eigenvalue weighted by Crippen LogP contribution is 2.01. The number of piperazine rings is 1. The van der Waals surface area contributed by atoms with Crippen molar-refractivity contribution in [3.05, 3.63) is 0 Å². The van der Waals surface area contributed by atoms with Crippen LogP contribution in [0.5, 0.6) is 0 Å². The first-order chi connectivity index (χ1) is 6.27. The van der Waals surface area contributed by atoms with Crippen LogP contribution < -0.4 is 5.32 Å². The number of carbonyl (C=O) groups is 1. The fourth-order valence-corrected chi connectivity index (χ4v) is 1.29. The Morgan fingerprint density at radius 2 is 2.62 bits per heavy atom. The number of methoxy groups -OCH3 is 1. The number of hydrogen-bond acceptors (Lipinski definition) is 5. The lowest BCUT2D eigenvalue weighted by molar-refractivity contribution is -0.142. The average molecular weight is 183 g/mol. The molecule has 0 saturated carbocycles. The Morgan fingerprint density at radius 3 is 3.23 bits per heavy atom. The molecule has 72 valence electrons. The minimum Gasteiger partial charge on any atom is -0.468 e. The quantitative estimate of drug-likeness (QED) is 0.554. The second kappa shape index (κ2) is 4.80. The molecule has 0 radical (unpaired) electrons. The molecule has 1 aliphatic heterocycles. The minimum absolute atomic E-state index is 0.205. The van der Waals surface area contributed by atoms with Gasteiger partial charge in [-0.3, -0.25) is 9.69 Å². The summed E-state index contributed by atoms with van der Waals surface area (Å²) in [5, 5.41) is 11.9. The molecule has 0 spiro atoms. The van der Waals surface area contributed by atoms with Crippen molar-refractivity contribution in [3.8, 4) is 6.07 Å². The van der Waals surface area contributed by atoms with E-state index in [0.29, 0.717) is 13.1 Å². The number of hydrogen-bond donors (Lipinski definition) is 1. The van der Waals surface area contributed by atoms with Crippen LogP contribution in [-0.2, 0) is 9.53 Å². The molecule has 0 amide bonds. The Kier molecular flexibility index (Phi) is 3.68. The summed E-state index contributed by atoms with van der Waals surface area (Å²) in [5.41, 5.74) is 0. The highest BCUT2D eigenvalue weighted by molar-refractivity contribution is 5.71.